The standard InChI is InChI=1S/C23H23N3O3/c1-16-6-10-24-20(13-16)15-29-21-3-2-9-25-22(21)19-5-4-17-7-11-26(23(27)28)12-8-18(17)14-19/h2-6,9-10,13-14H,7-8,11-12,15H2,1H3,(H,27,28). The Morgan fingerprint density at radius 2 is 1.90 bits per heavy atom. The second kappa shape index (κ2) is 8.31. The summed E-state index contributed by atoms with van der Waals surface area (Å²) in [7, 11) is 0. The first kappa shape index (κ1) is 18.9. The number of hydrogen-bond acceptors (Lipinski definition) is 4. The van der Waals surface area contributed by atoms with Crippen molar-refractivity contribution >= 4 is 6.09 Å². The third-order valence-electron chi connectivity index (χ3n) is 5.17. The van der Waals surface area contributed by atoms with E-state index in [4.69, 9.17) is 4.74 Å². The van der Waals surface area contributed by atoms with Crippen LogP contribution < -0.4 is 4.74 Å². The smallest absolute Gasteiger partial charge is 0.407 e. The molecule has 0 saturated heterocycles. The molecular weight excluding hydrogens is 366 g/mol. The van der Waals surface area contributed by atoms with Gasteiger partial charge >= 0.3 is 6.09 Å². The summed E-state index contributed by atoms with van der Waals surface area (Å²) in [4.78, 5) is 21.7. The topological polar surface area (TPSA) is 75.6 Å². The molecular formula is C23H23N3O3. The van der Waals surface area contributed by atoms with Gasteiger partial charge < -0.3 is 14.7 Å². The predicted molar refractivity (Wildman–Crippen MR) is 110 cm³/mol. The number of hydrogen-bond donors (Lipinski definition) is 1. The van der Waals surface area contributed by atoms with Crippen molar-refractivity contribution in [1.82, 2.24) is 14.9 Å². The van der Waals surface area contributed by atoms with Crippen molar-refractivity contribution < 1.29 is 14.6 Å². The molecule has 0 radical (unpaired) electrons. The minimum absolute atomic E-state index is 0.374. The Labute approximate surface area is 169 Å². The second-order valence-electron chi connectivity index (χ2n) is 7.22. The number of carbonyl (C=O) groups is 1. The molecule has 29 heavy (non-hydrogen) atoms. The summed E-state index contributed by atoms with van der Waals surface area (Å²) in [6.07, 6.45) is 4.11. The van der Waals surface area contributed by atoms with Crippen LogP contribution in [-0.2, 0) is 19.4 Å². The molecule has 1 aliphatic rings. The Morgan fingerprint density at radius 1 is 1.07 bits per heavy atom. The van der Waals surface area contributed by atoms with E-state index in [9.17, 15) is 9.90 Å². The number of pyridine rings is 2. The summed E-state index contributed by atoms with van der Waals surface area (Å²) >= 11 is 0. The van der Waals surface area contributed by atoms with Crippen molar-refractivity contribution in [3.8, 4) is 17.0 Å². The lowest BCUT2D eigenvalue weighted by Crippen LogP contribution is -2.31. The number of rotatable bonds is 4. The Kier molecular flexibility index (Phi) is 5.42. The highest BCUT2D eigenvalue weighted by molar-refractivity contribution is 5.68. The van der Waals surface area contributed by atoms with Gasteiger partial charge in [0.2, 0.25) is 0 Å². The first-order valence-electron chi connectivity index (χ1n) is 9.69. The van der Waals surface area contributed by atoms with E-state index in [0.717, 1.165) is 28.9 Å². The zero-order valence-electron chi connectivity index (χ0n) is 16.3. The van der Waals surface area contributed by atoms with Crippen molar-refractivity contribution in [2.45, 2.75) is 26.4 Å². The molecule has 4 rings (SSSR count). The van der Waals surface area contributed by atoms with Crippen LogP contribution in [0.3, 0.4) is 0 Å². The second-order valence-corrected chi connectivity index (χ2v) is 7.22. The van der Waals surface area contributed by atoms with Crippen LogP contribution in [0.4, 0.5) is 4.79 Å². The minimum atomic E-state index is -0.858. The quantitative estimate of drug-likeness (QED) is 0.727. The molecule has 6 heteroatoms. The van der Waals surface area contributed by atoms with E-state index in [-0.39, 0.29) is 0 Å². The first-order chi connectivity index (χ1) is 14.1. The van der Waals surface area contributed by atoms with Crippen LogP contribution in [0.15, 0.2) is 54.9 Å². The number of nitrogens with zero attached hydrogens (tertiary/aromatic N) is 3. The number of aromatic nitrogens is 2. The first-order valence-corrected chi connectivity index (χ1v) is 9.69. The summed E-state index contributed by atoms with van der Waals surface area (Å²) < 4.78 is 6.04. The highest BCUT2D eigenvalue weighted by Gasteiger charge is 2.18. The molecule has 0 bridgehead atoms. The summed E-state index contributed by atoms with van der Waals surface area (Å²) in [5, 5.41) is 9.28. The molecule has 0 saturated carbocycles. The fourth-order valence-electron chi connectivity index (χ4n) is 3.62. The van der Waals surface area contributed by atoms with E-state index >= 15 is 0 Å². The van der Waals surface area contributed by atoms with Gasteiger partial charge in [-0.2, -0.15) is 0 Å². The molecule has 6 nitrogen and oxygen atoms in total. The Morgan fingerprint density at radius 3 is 2.69 bits per heavy atom. The van der Waals surface area contributed by atoms with E-state index < -0.39 is 6.09 Å². The van der Waals surface area contributed by atoms with E-state index in [2.05, 4.69) is 22.1 Å². The third-order valence-corrected chi connectivity index (χ3v) is 5.17. The average Bonchev–Trinajstić information content (AvgIpc) is 2.95. The maximum absolute atomic E-state index is 11.3. The summed E-state index contributed by atoms with van der Waals surface area (Å²) in [6.45, 7) is 3.44. The maximum Gasteiger partial charge on any atom is 0.407 e. The highest BCUT2D eigenvalue weighted by atomic mass is 16.5. The van der Waals surface area contributed by atoms with Crippen LogP contribution in [0.1, 0.15) is 22.4 Å². The van der Waals surface area contributed by atoms with Gasteiger partial charge in [-0.05, 0) is 66.8 Å². The lowest BCUT2D eigenvalue weighted by molar-refractivity contribution is 0.147. The fourth-order valence-corrected chi connectivity index (χ4v) is 3.62. The fraction of sp³-hybridized carbons (Fsp3) is 0.261. The Balaban J connectivity index is 1.57. The van der Waals surface area contributed by atoms with Crippen molar-refractivity contribution in [3.05, 3.63) is 77.2 Å². The molecule has 1 amide bonds. The number of amides is 1. The number of aryl methyl sites for hydroxylation is 1. The molecule has 0 spiro atoms. The van der Waals surface area contributed by atoms with Crippen molar-refractivity contribution in [2.75, 3.05) is 13.1 Å². The molecule has 1 N–H and O–H groups in total. The number of benzene rings is 1. The lowest BCUT2D eigenvalue weighted by atomic mass is 9.98. The van der Waals surface area contributed by atoms with Gasteiger partial charge in [0.1, 0.15) is 18.1 Å². The molecule has 148 valence electrons. The van der Waals surface area contributed by atoms with E-state index in [1.165, 1.54) is 16.0 Å². The molecule has 3 aromatic rings. The molecule has 1 aromatic carbocycles. The molecule has 2 aromatic heterocycles. The van der Waals surface area contributed by atoms with Gasteiger partial charge in [0, 0.05) is 31.0 Å². The van der Waals surface area contributed by atoms with E-state index in [1.54, 1.807) is 12.4 Å². The highest BCUT2D eigenvalue weighted by Crippen LogP contribution is 2.30. The molecule has 0 fully saturated rings. The molecule has 3 heterocycles. The van der Waals surface area contributed by atoms with Crippen LogP contribution in [-0.4, -0.2) is 39.2 Å². The number of carboxylic acid groups (broad SMARTS) is 1. The van der Waals surface area contributed by atoms with Gasteiger partial charge in [-0.3, -0.25) is 9.97 Å². The van der Waals surface area contributed by atoms with Gasteiger partial charge in [0.05, 0.1) is 5.69 Å². The zero-order valence-corrected chi connectivity index (χ0v) is 16.3. The van der Waals surface area contributed by atoms with Crippen molar-refractivity contribution in [2.24, 2.45) is 0 Å². The van der Waals surface area contributed by atoms with Crippen LogP contribution >= 0.6 is 0 Å². The maximum atomic E-state index is 11.3. The summed E-state index contributed by atoms with van der Waals surface area (Å²) in [6, 6.07) is 14.0. The largest absolute Gasteiger partial charge is 0.485 e. The summed E-state index contributed by atoms with van der Waals surface area (Å²) in [5.41, 5.74) is 6.13. The minimum Gasteiger partial charge on any atom is -0.485 e. The summed E-state index contributed by atoms with van der Waals surface area (Å²) in [5.74, 6) is 0.705. The molecule has 1 aliphatic heterocycles. The van der Waals surface area contributed by atoms with Crippen LogP contribution in [0, 0.1) is 6.92 Å². The van der Waals surface area contributed by atoms with Crippen LogP contribution in [0.2, 0.25) is 0 Å². The molecule has 0 atom stereocenters. The van der Waals surface area contributed by atoms with Crippen molar-refractivity contribution in [1.29, 1.82) is 0 Å². The van der Waals surface area contributed by atoms with Gasteiger partial charge in [-0.1, -0.05) is 12.1 Å². The molecule has 0 aliphatic carbocycles. The third kappa shape index (κ3) is 4.37. The average molecular weight is 389 g/mol. The monoisotopic (exact) mass is 389 g/mol. The van der Waals surface area contributed by atoms with E-state index in [1.807, 2.05) is 37.3 Å². The SMILES string of the molecule is Cc1ccnc(COc2cccnc2-c2ccc3c(c2)CCN(C(=O)O)CC3)c1. The number of fused-ring (bicyclic) bond motifs is 1. The number of ether oxygens (including phenoxy) is 1. The Bertz CT molecular complexity index is 1040. The van der Waals surface area contributed by atoms with Gasteiger partial charge in [0.25, 0.3) is 0 Å². The lowest BCUT2D eigenvalue weighted by Gasteiger charge is -2.15. The Hall–Kier alpha value is -3.41. The van der Waals surface area contributed by atoms with Crippen LogP contribution in [0.25, 0.3) is 11.3 Å². The normalized spacial score (nSPS) is 13.5. The van der Waals surface area contributed by atoms with Gasteiger partial charge in [-0.25, -0.2) is 4.79 Å². The van der Waals surface area contributed by atoms with Crippen molar-refractivity contribution in [3.63, 3.8) is 0 Å². The van der Waals surface area contributed by atoms with E-state index in [0.29, 0.717) is 31.9 Å². The van der Waals surface area contributed by atoms with Gasteiger partial charge in [0.15, 0.2) is 0 Å². The predicted octanol–water partition coefficient (Wildman–Crippen LogP) is 4.11. The van der Waals surface area contributed by atoms with Crippen LogP contribution in [0.5, 0.6) is 5.75 Å². The van der Waals surface area contributed by atoms with Gasteiger partial charge in [-0.15, -0.1) is 0 Å². The zero-order chi connectivity index (χ0) is 20.2. The molecule has 0 unspecified atom stereocenters.